The molecule has 0 spiro atoms. The fraction of sp³-hybridized carbons (Fsp3) is 0.273. The molecule has 1 saturated heterocycles. The molecule has 2 aliphatic heterocycles. The van der Waals surface area contributed by atoms with Gasteiger partial charge in [-0.15, -0.1) is 0 Å². The number of nitrogens with one attached hydrogen (secondary N) is 1. The SMILES string of the molecule is CCOc1cc(C=C2SC(N3CC[NH+](c4cccc(Cl)c4)CC3)=NC2=O)ccc1[O-]. The number of amides is 1. The van der Waals surface area contributed by atoms with Crippen LogP contribution in [0.5, 0.6) is 11.5 Å². The normalized spacial score (nSPS) is 18.7. The molecule has 0 radical (unpaired) electrons. The predicted octanol–water partition coefficient (Wildman–Crippen LogP) is 2.31. The van der Waals surface area contributed by atoms with E-state index < -0.39 is 0 Å². The van der Waals surface area contributed by atoms with E-state index in [9.17, 15) is 9.90 Å². The van der Waals surface area contributed by atoms with Crippen molar-refractivity contribution in [3.05, 3.63) is 58.0 Å². The molecule has 2 aromatic rings. The average Bonchev–Trinajstić information content (AvgIpc) is 3.11. The lowest BCUT2D eigenvalue weighted by molar-refractivity contribution is -0.837. The monoisotopic (exact) mass is 443 g/mol. The molecular weight excluding hydrogens is 422 g/mol. The maximum Gasteiger partial charge on any atom is 0.286 e. The summed E-state index contributed by atoms with van der Waals surface area (Å²) in [6, 6.07) is 12.8. The molecule has 8 heteroatoms. The van der Waals surface area contributed by atoms with Gasteiger partial charge in [-0.25, -0.2) is 0 Å². The molecule has 156 valence electrons. The Morgan fingerprint density at radius 2 is 2.07 bits per heavy atom. The van der Waals surface area contributed by atoms with Gasteiger partial charge in [-0.3, -0.25) is 9.69 Å². The Balaban J connectivity index is 1.41. The molecule has 0 unspecified atom stereocenters. The van der Waals surface area contributed by atoms with E-state index in [4.69, 9.17) is 16.3 Å². The zero-order valence-electron chi connectivity index (χ0n) is 16.6. The van der Waals surface area contributed by atoms with Crippen LogP contribution in [0.1, 0.15) is 12.5 Å². The van der Waals surface area contributed by atoms with Gasteiger partial charge in [0.2, 0.25) is 0 Å². The lowest BCUT2D eigenvalue weighted by Gasteiger charge is -2.32. The number of amidine groups is 1. The van der Waals surface area contributed by atoms with Crippen molar-refractivity contribution in [3.63, 3.8) is 0 Å². The number of hydrogen-bond donors (Lipinski definition) is 1. The zero-order chi connectivity index (χ0) is 21.1. The number of nitrogens with zero attached hydrogens (tertiary/aromatic N) is 2. The first-order chi connectivity index (χ1) is 14.5. The van der Waals surface area contributed by atoms with E-state index in [1.807, 2.05) is 25.1 Å². The van der Waals surface area contributed by atoms with Crippen LogP contribution >= 0.6 is 23.4 Å². The molecule has 2 heterocycles. The zero-order valence-corrected chi connectivity index (χ0v) is 18.1. The van der Waals surface area contributed by atoms with Crippen LogP contribution in [0.25, 0.3) is 6.08 Å². The minimum Gasteiger partial charge on any atom is -0.870 e. The predicted molar refractivity (Wildman–Crippen MR) is 118 cm³/mol. The van der Waals surface area contributed by atoms with Gasteiger partial charge in [-0.1, -0.05) is 35.5 Å². The summed E-state index contributed by atoms with van der Waals surface area (Å²) in [6.07, 6.45) is 1.76. The highest BCUT2D eigenvalue weighted by Gasteiger charge is 2.30. The van der Waals surface area contributed by atoms with Crippen LogP contribution in [0.2, 0.25) is 5.02 Å². The second-order valence-corrected chi connectivity index (χ2v) is 8.50. The van der Waals surface area contributed by atoms with Crippen LogP contribution in [-0.4, -0.2) is 48.8 Å². The highest BCUT2D eigenvalue weighted by atomic mass is 35.5. The smallest absolute Gasteiger partial charge is 0.286 e. The van der Waals surface area contributed by atoms with Gasteiger partial charge in [0, 0.05) is 11.1 Å². The van der Waals surface area contributed by atoms with Gasteiger partial charge in [-0.05, 0) is 48.5 Å². The Hall–Kier alpha value is -2.48. The van der Waals surface area contributed by atoms with Gasteiger partial charge in [0.15, 0.2) is 5.17 Å². The van der Waals surface area contributed by atoms with Gasteiger partial charge in [0.25, 0.3) is 5.91 Å². The molecule has 0 saturated carbocycles. The molecule has 4 rings (SSSR count). The van der Waals surface area contributed by atoms with Crippen molar-refractivity contribution < 1.29 is 19.5 Å². The van der Waals surface area contributed by atoms with Crippen LogP contribution in [0.3, 0.4) is 0 Å². The molecule has 0 aromatic heterocycles. The highest BCUT2D eigenvalue weighted by Crippen LogP contribution is 2.32. The molecule has 1 fully saturated rings. The van der Waals surface area contributed by atoms with Crippen molar-refractivity contribution in [1.29, 1.82) is 0 Å². The number of piperazine rings is 1. The number of halogens is 1. The van der Waals surface area contributed by atoms with Crippen LogP contribution in [-0.2, 0) is 4.79 Å². The number of hydrogen-bond acceptors (Lipinski definition) is 5. The molecular formula is C22H22ClN3O3S. The van der Waals surface area contributed by atoms with Gasteiger partial charge in [0.05, 0.1) is 37.7 Å². The molecule has 1 amide bonds. The van der Waals surface area contributed by atoms with Crippen molar-refractivity contribution in [2.24, 2.45) is 4.99 Å². The van der Waals surface area contributed by atoms with Crippen molar-refractivity contribution in [3.8, 4) is 11.5 Å². The van der Waals surface area contributed by atoms with Crippen LogP contribution in [0, 0.1) is 0 Å². The first-order valence-electron chi connectivity index (χ1n) is 9.85. The van der Waals surface area contributed by atoms with E-state index in [-0.39, 0.29) is 11.7 Å². The number of carbonyl (C=O) groups is 1. The highest BCUT2D eigenvalue weighted by molar-refractivity contribution is 8.18. The van der Waals surface area contributed by atoms with E-state index >= 15 is 0 Å². The van der Waals surface area contributed by atoms with Gasteiger partial charge in [-0.2, -0.15) is 4.99 Å². The quantitative estimate of drug-likeness (QED) is 0.734. The number of rotatable bonds is 4. The van der Waals surface area contributed by atoms with E-state index in [2.05, 4.69) is 16.0 Å². The summed E-state index contributed by atoms with van der Waals surface area (Å²) in [5.74, 6) is -0.117. The summed E-state index contributed by atoms with van der Waals surface area (Å²) < 4.78 is 5.36. The number of thioether (sulfide) groups is 1. The van der Waals surface area contributed by atoms with E-state index in [0.717, 1.165) is 41.9 Å². The van der Waals surface area contributed by atoms with Gasteiger partial charge in [0.1, 0.15) is 11.4 Å². The van der Waals surface area contributed by atoms with E-state index in [0.29, 0.717) is 17.3 Å². The summed E-state index contributed by atoms with van der Waals surface area (Å²) in [6.45, 7) is 5.70. The Bertz CT molecular complexity index is 1020. The average molecular weight is 444 g/mol. The van der Waals surface area contributed by atoms with E-state index in [1.54, 1.807) is 18.2 Å². The molecule has 2 aliphatic rings. The summed E-state index contributed by atoms with van der Waals surface area (Å²) in [5, 5.41) is 13.3. The van der Waals surface area contributed by atoms with Gasteiger partial charge >= 0.3 is 0 Å². The number of carbonyl (C=O) groups excluding carboxylic acids is 1. The Morgan fingerprint density at radius 3 is 2.80 bits per heavy atom. The first-order valence-corrected chi connectivity index (χ1v) is 11.0. The van der Waals surface area contributed by atoms with Crippen molar-refractivity contribution in [2.75, 3.05) is 32.8 Å². The van der Waals surface area contributed by atoms with Crippen molar-refractivity contribution >= 4 is 46.2 Å². The number of ether oxygens (including phenoxy) is 1. The Morgan fingerprint density at radius 1 is 1.27 bits per heavy atom. The second-order valence-electron chi connectivity index (χ2n) is 7.05. The third kappa shape index (κ3) is 4.64. The first kappa shape index (κ1) is 20.8. The lowest BCUT2D eigenvalue weighted by atomic mass is 10.2. The third-order valence-electron chi connectivity index (χ3n) is 5.04. The minimum absolute atomic E-state index is 0.165. The number of quaternary nitrogens is 1. The maximum atomic E-state index is 12.4. The van der Waals surface area contributed by atoms with Crippen molar-refractivity contribution in [1.82, 2.24) is 4.90 Å². The minimum atomic E-state index is -0.247. The molecule has 0 bridgehead atoms. The fourth-order valence-electron chi connectivity index (χ4n) is 3.53. The summed E-state index contributed by atoms with van der Waals surface area (Å²) >= 11 is 7.50. The molecule has 0 aliphatic carbocycles. The summed E-state index contributed by atoms with van der Waals surface area (Å²) in [4.78, 5) is 20.8. The largest absolute Gasteiger partial charge is 0.870 e. The number of benzene rings is 2. The molecule has 2 aromatic carbocycles. The molecule has 6 nitrogen and oxygen atoms in total. The summed E-state index contributed by atoms with van der Waals surface area (Å²) in [5.41, 5.74) is 1.94. The maximum absolute atomic E-state index is 12.4. The van der Waals surface area contributed by atoms with Crippen LogP contribution < -0.4 is 14.7 Å². The number of aliphatic imine (C=N–C) groups is 1. The molecule has 30 heavy (non-hydrogen) atoms. The van der Waals surface area contributed by atoms with Crippen molar-refractivity contribution in [2.45, 2.75) is 6.92 Å². The van der Waals surface area contributed by atoms with Crippen LogP contribution in [0.15, 0.2) is 52.4 Å². The second kappa shape index (κ2) is 9.12. The van der Waals surface area contributed by atoms with Crippen LogP contribution in [0.4, 0.5) is 5.69 Å². The standard InChI is InChI=1S/C22H22ClN3O3S/c1-2-29-19-12-15(6-7-18(19)27)13-20-21(28)24-22(30-20)26-10-8-25(9-11-26)17-5-3-4-16(23)14-17/h3-7,12-14,27H,2,8-11H2,1H3. The van der Waals surface area contributed by atoms with E-state index in [1.165, 1.54) is 28.4 Å². The Kier molecular flexibility index (Phi) is 6.32. The molecule has 1 N–H and O–H groups in total. The topological polar surface area (TPSA) is 69.4 Å². The fourth-order valence-corrected chi connectivity index (χ4v) is 4.69. The summed E-state index contributed by atoms with van der Waals surface area (Å²) in [7, 11) is 0. The third-order valence-corrected chi connectivity index (χ3v) is 6.32. The Labute approximate surface area is 184 Å². The molecule has 0 atom stereocenters. The van der Waals surface area contributed by atoms with Gasteiger partial charge < -0.3 is 14.7 Å². The lowest BCUT2D eigenvalue weighted by Crippen LogP contribution is -3.10.